The van der Waals surface area contributed by atoms with E-state index in [0.717, 1.165) is 11.3 Å². The fourth-order valence-electron chi connectivity index (χ4n) is 4.68. The Bertz CT molecular complexity index is 1320. The first kappa shape index (κ1) is 31.3. The van der Waals surface area contributed by atoms with Crippen molar-refractivity contribution in [2.75, 3.05) is 0 Å². The van der Waals surface area contributed by atoms with Gasteiger partial charge in [0, 0.05) is 48.6 Å². The summed E-state index contributed by atoms with van der Waals surface area (Å²) in [6, 6.07) is 22.7. The molecule has 0 aliphatic heterocycles. The number of carbonyl (C=O) groups is 5. The summed E-state index contributed by atoms with van der Waals surface area (Å²) >= 11 is 0. The first-order valence-electron chi connectivity index (χ1n) is 14.1. The summed E-state index contributed by atoms with van der Waals surface area (Å²) in [5, 5.41) is 2.77. The predicted octanol–water partition coefficient (Wildman–Crippen LogP) is 5.02. The summed E-state index contributed by atoms with van der Waals surface area (Å²) in [6.45, 7) is 5.18. The lowest BCUT2D eigenvalue weighted by molar-refractivity contribution is -0.141. The summed E-state index contributed by atoms with van der Waals surface area (Å²) in [4.78, 5) is 69.4. The number of Topliss-reactive ketones (excluding diaryl/α,β-unsaturated/α-hetero) is 4. The molecule has 0 aliphatic carbocycles. The van der Waals surface area contributed by atoms with Crippen LogP contribution in [0.5, 0.6) is 0 Å². The van der Waals surface area contributed by atoms with Crippen molar-refractivity contribution in [3.63, 3.8) is 0 Å². The van der Waals surface area contributed by atoms with Crippen LogP contribution >= 0.6 is 0 Å². The second-order valence-corrected chi connectivity index (χ2v) is 10.7. The molecule has 7 nitrogen and oxygen atoms in total. The Morgan fingerprint density at radius 2 is 1.41 bits per heavy atom. The minimum atomic E-state index is -0.884. The topological polar surface area (TPSA) is 110 Å². The second kappa shape index (κ2) is 15.5. The average Bonchev–Trinajstić information content (AvgIpc) is 2.99. The molecule has 1 unspecified atom stereocenters. The fourth-order valence-corrected chi connectivity index (χ4v) is 4.68. The van der Waals surface area contributed by atoms with E-state index in [-0.39, 0.29) is 36.7 Å². The Balaban J connectivity index is 1.64. The van der Waals surface area contributed by atoms with Gasteiger partial charge in [0.1, 0.15) is 0 Å². The van der Waals surface area contributed by atoms with E-state index in [1.54, 1.807) is 63.4 Å². The number of nitrogens with one attached hydrogen (secondary N) is 1. The van der Waals surface area contributed by atoms with Crippen molar-refractivity contribution in [1.29, 1.82) is 0 Å². The number of rotatable bonds is 16. The minimum absolute atomic E-state index is 0.0104. The van der Waals surface area contributed by atoms with Crippen molar-refractivity contribution < 1.29 is 24.0 Å². The van der Waals surface area contributed by atoms with E-state index in [2.05, 4.69) is 10.3 Å². The number of benzene rings is 2. The van der Waals surface area contributed by atoms with Crippen LogP contribution in [-0.4, -0.2) is 40.1 Å². The molecule has 1 N–H and O–H groups in total. The Morgan fingerprint density at radius 3 is 2.02 bits per heavy atom. The third kappa shape index (κ3) is 9.71. The van der Waals surface area contributed by atoms with Gasteiger partial charge >= 0.3 is 0 Å². The zero-order valence-electron chi connectivity index (χ0n) is 23.9. The molecule has 1 amide bonds. The van der Waals surface area contributed by atoms with Crippen molar-refractivity contribution in [3.05, 3.63) is 102 Å². The number of aromatic nitrogens is 1. The molecule has 0 saturated carbocycles. The van der Waals surface area contributed by atoms with Gasteiger partial charge in [-0.1, -0.05) is 80.6 Å². The molecule has 0 radical (unpaired) electrons. The van der Waals surface area contributed by atoms with Crippen LogP contribution in [0.25, 0.3) is 0 Å². The normalized spacial score (nSPS) is 13.2. The number of aryl methyl sites for hydroxylation is 1. The highest BCUT2D eigenvalue weighted by Gasteiger charge is 2.32. The molecule has 41 heavy (non-hydrogen) atoms. The van der Waals surface area contributed by atoms with Crippen molar-refractivity contribution in [3.8, 4) is 0 Å². The number of nitrogens with zero attached hydrogens (tertiary/aromatic N) is 1. The SMILES string of the molecule is CC(C)C(CC(=O)[C@H](C)NC(=O)[C@@H](CC(=O)c1ccccc1)Cc1ccccc1)C(=O)C(=O)CCc1ccccn1. The molecule has 214 valence electrons. The Kier molecular flexibility index (Phi) is 11.8. The van der Waals surface area contributed by atoms with Crippen LogP contribution in [0.1, 0.15) is 61.6 Å². The lowest BCUT2D eigenvalue weighted by Crippen LogP contribution is -2.44. The molecule has 2 aromatic carbocycles. The van der Waals surface area contributed by atoms with E-state index in [4.69, 9.17) is 0 Å². The quantitative estimate of drug-likeness (QED) is 0.197. The van der Waals surface area contributed by atoms with Crippen LogP contribution < -0.4 is 5.32 Å². The van der Waals surface area contributed by atoms with Crippen LogP contribution in [0.4, 0.5) is 0 Å². The van der Waals surface area contributed by atoms with Gasteiger partial charge in [-0.05, 0) is 43.4 Å². The van der Waals surface area contributed by atoms with Gasteiger partial charge in [0.05, 0.1) is 6.04 Å². The van der Waals surface area contributed by atoms with Crippen LogP contribution in [0, 0.1) is 17.8 Å². The number of hydrogen-bond acceptors (Lipinski definition) is 6. The van der Waals surface area contributed by atoms with Crippen molar-refractivity contribution in [1.82, 2.24) is 10.3 Å². The largest absolute Gasteiger partial charge is 0.346 e. The molecular formula is C34H38N2O5. The predicted molar refractivity (Wildman–Crippen MR) is 157 cm³/mol. The van der Waals surface area contributed by atoms with Gasteiger partial charge in [-0.3, -0.25) is 29.0 Å². The first-order valence-corrected chi connectivity index (χ1v) is 14.1. The summed E-state index contributed by atoms with van der Waals surface area (Å²) in [7, 11) is 0. The Labute approximate surface area is 241 Å². The molecule has 3 rings (SSSR count). The number of pyridine rings is 1. The van der Waals surface area contributed by atoms with Crippen molar-refractivity contribution >= 4 is 29.0 Å². The van der Waals surface area contributed by atoms with Crippen LogP contribution in [0.3, 0.4) is 0 Å². The van der Waals surface area contributed by atoms with Gasteiger partial charge in [-0.15, -0.1) is 0 Å². The van der Waals surface area contributed by atoms with E-state index in [9.17, 15) is 24.0 Å². The average molecular weight is 555 g/mol. The van der Waals surface area contributed by atoms with E-state index in [1.165, 1.54) is 0 Å². The van der Waals surface area contributed by atoms with Gasteiger partial charge in [0.2, 0.25) is 11.7 Å². The Morgan fingerprint density at radius 1 is 0.780 bits per heavy atom. The zero-order valence-corrected chi connectivity index (χ0v) is 23.9. The maximum atomic E-state index is 13.4. The zero-order chi connectivity index (χ0) is 29.8. The molecule has 0 bridgehead atoms. The van der Waals surface area contributed by atoms with Crippen LogP contribution in [0.2, 0.25) is 0 Å². The lowest BCUT2D eigenvalue weighted by atomic mass is 9.83. The molecule has 0 spiro atoms. The van der Waals surface area contributed by atoms with Gasteiger partial charge in [-0.2, -0.15) is 0 Å². The van der Waals surface area contributed by atoms with Crippen molar-refractivity contribution in [2.24, 2.45) is 17.8 Å². The highest BCUT2D eigenvalue weighted by molar-refractivity contribution is 6.38. The third-order valence-corrected chi connectivity index (χ3v) is 7.24. The molecule has 1 aromatic heterocycles. The van der Waals surface area contributed by atoms with Crippen LogP contribution in [0.15, 0.2) is 85.1 Å². The second-order valence-electron chi connectivity index (χ2n) is 10.7. The number of carbonyl (C=O) groups excluding carboxylic acids is 5. The molecule has 1 heterocycles. The molecule has 3 atom stereocenters. The number of amides is 1. The van der Waals surface area contributed by atoms with Crippen LogP contribution in [-0.2, 0) is 32.0 Å². The highest BCUT2D eigenvalue weighted by atomic mass is 16.2. The first-order chi connectivity index (χ1) is 19.7. The molecule has 0 saturated heterocycles. The van der Waals surface area contributed by atoms with E-state index >= 15 is 0 Å². The standard InChI is InChI=1S/C34H38N2O5/c1-23(2)29(33(40)30(37)18-17-28-16-10-11-19-35-28)22-31(38)24(3)36-34(41)27(20-25-12-6-4-7-13-25)21-32(39)26-14-8-5-9-15-26/h4-16,19,23-24,27,29H,17-18,20-22H2,1-3H3,(H,36,41)/t24-,27+,29?/m0/s1. The van der Waals surface area contributed by atoms with Gasteiger partial charge in [0.15, 0.2) is 17.3 Å². The Hall–Kier alpha value is -4.26. The smallest absolute Gasteiger partial charge is 0.224 e. The molecular weight excluding hydrogens is 516 g/mol. The lowest BCUT2D eigenvalue weighted by Gasteiger charge is -2.23. The molecule has 7 heteroatoms. The van der Waals surface area contributed by atoms with Gasteiger partial charge < -0.3 is 5.32 Å². The molecule has 0 fully saturated rings. The monoisotopic (exact) mass is 554 g/mol. The van der Waals surface area contributed by atoms with E-state index in [1.807, 2.05) is 42.5 Å². The summed E-state index contributed by atoms with van der Waals surface area (Å²) < 4.78 is 0. The van der Waals surface area contributed by atoms with Gasteiger partial charge in [0.25, 0.3) is 0 Å². The van der Waals surface area contributed by atoms with Gasteiger partial charge in [-0.25, -0.2) is 0 Å². The van der Waals surface area contributed by atoms with E-state index in [0.29, 0.717) is 18.4 Å². The summed E-state index contributed by atoms with van der Waals surface area (Å²) in [5.74, 6) is -3.69. The third-order valence-electron chi connectivity index (χ3n) is 7.24. The molecule has 0 aliphatic rings. The van der Waals surface area contributed by atoms with Crippen molar-refractivity contribution in [2.45, 2.75) is 58.9 Å². The minimum Gasteiger partial charge on any atom is -0.346 e. The summed E-state index contributed by atoms with van der Waals surface area (Å²) in [5.41, 5.74) is 2.15. The fraction of sp³-hybridized carbons (Fsp3) is 0.353. The number of ketones is 4. The molecule has 3 aromatic rings. The number of hydrogen-bond donors (Lipinski definition) is 1. The van der Waals surface area contributed by atoms with E-state index < -0.39 is 35.4 Å². The maximum absolute atomic E-state index is 13.4. The summed E-state index contributed by atoms with van der Waals surface area (Å²) in [6.07, 6.45) is 2.18. The highest BCUT2D eigenvalue weighted by Crippen LogP contribution is 2.21. The maximum Gasteiger partial charge on any atom is 0.224 e.